The van der Waals surface area contributed by atoms with Crippen LogP contribution in [0.1, 0.15) is 32.3 Å². The van der Waals surface area contributed by atoms with Crippen molar-refractivity contribution in [3.63, 3.8) is 0 Å². The molecule has 0 bridgehead atoms. The lowest BCUT2D eigenvalue weighted by Crippen LogP contribution is -2.43. The van der Waals surface area contributed by atoms with E-state index in [1.165, 1.54) is 25.0 Å². The van der Waals surface area contributed by atoms with Gasteiger partial charge in [-0.25, -0.2) is 9.18 Å². The third-order valence-electron chi connectivity index (χ3n) is 3.93. The Morgan fingerprint density at radius 2 is 2.13 bits per heavy atom. The van der Waals surface area contributed by atoms with Crippen LogP contribution in [0.4, 0.5) is 9.18 Å². The van der Waals surface area contributed by atoms with Crippen LogP contribution in [0.15, 0.2) is 18.2 Å². The molecule has 128 valence electrons. The van der Waals surface area contributed by atoms with Crippen LogP contribution in [-0.4, -0.2) is 32.3 Å². The zero-order valence-corrected chi connectivity index (χ0v) is 14.4. The summed E-state index contributed by atoms with van der Waals surface area (Å²) in [6.45, 7) is 6.09. The van der Waals surface area contributed by atoms with E-state index in [0.717, 1.165) is 18.1 Å². The fraction of sp³-hybridized carbons (Fsp3) is 0.588. The Bertz CT molecular complexity index is 547. The molecule has 4 nitrogen and oxygen atoms in total. The molecule has 0 radical (unpaired) electrons. The zero-order chi connectivity index (χ0) is 16.9. The van der Waals surface area contributed by atoms with Gasteiger partial charge in [0.25, 0.3) is 0 Å². The molecule has 0 aromatic heterocycles. The monoisotopic (exact) mass is 342 g/mol. The highest BCUT2D eigenvalue weighted by atomic mass is 35.5. The average Bonchev–Trinajstić information content (AvgIpc) is 3.28. The molecule has 0 atom stereocenters. The molecule has 0 aliphatic heterocycles. The maximum Gasteiger partial charge on any atom is 0.314 e. The van der Waals surface area contributed by atoms with E-state index in [2.05, 4.69) is 10.6 Å². The number of halogens is 2. The predicted molar refractivity (Wildman–Crippen MR) is 89.4 cm³/mol. The van der Waals surface area contributed by atoms with Crippen LogP contribution in [0, 0.1) is 11.7 Å². The van der Waals surface area contributed by atoms with E-state index >= 15 is 0 Å². The predicted octanol–water partition coefficient (Wildman–Crippen LogP) is 3.48. The quantitative estimate of drug-likeness (QED) is 0.711. The Labute approximate surface area is 141 Å². The second-order valence-corrected chi connectivity index (χ2v) is 7.04. The summed E-state index contributed by atoms with van der Waals surface area (Å²) in [5.74, 6) is 0.358. The van der Waals surface area contributed by atoms with E-state index in [-0.39, 0.29) is 11.8 Å². The smallest absolute Gasteiger partial charge is 0.314 e. The number of benzene rings is 1. The summed E-state index contributed by atoms with van der Waals surface area (Å²) in [5, 5.41) is 5.94. The second kappa shape index (κ2) is 7.97. The van der Waals surface area contributed by atoms with E-state index < -0.39 is 5.41 Å². The molecule has 2 N–H and O–H groups in total. The van der Waals surface area contributed by atoms with E-state index in [9.17, 15) is 9.18 Å². The lowest BCUT2D eigenvalue weighted by atomic mass is 9.84. The van der Waals surface area contributed by atoms with Gasteiger partial charge in [0, 0.05) is 30.1 Å². The molecular formula is C17H24ClFN2O2. The van der Waals surface area contributed by atoms with Crippen molar-refractivity contribution in [1.82, 2.24) is 10.6 Å². The largest absolute Gasteiger partial charge is 0.379 e. The van der Waals surface area contributed by atoms with Crippen molar-refractivity contribution in [2.45, 2.75) is 32.1 Å². The number of amides is 2. The first-order chi connectivity index (χ1) is 10.9. The highest BCUT2D eigenvalue weighted by Gasteiger charge is 2.24. The molecule has 23 heavy (non-hydrogen) atoms. The van der Waals surface area contributed by atoms with Gasteiger partial charge in [-0.1, -0.05) is 31.5 Å². The van der Waals surface area contributed by atoms with Crippen LogP contribution >= 0.6 is 11.6 Å². The van der Waals surface area contributed by atoms with Gasteiger partial charge >= 0.3 is 6.03 Å². The van der Waals surface area contributed by atoms with Crippen LogP contribution in [0.3, 0.4) is 0 Å². The fourth-order valence-electron chi connectivity index (χ4n) is 2.27. The molecule has 2 amide bonds. The van der Waals surface area contributed by atoms with Gasteiger partial charge in [-0.15, -0.1) is 0 Å². The minimum absolute atomic E-state index is 0.244. The molecule has 6 heteroatoms. The number of hydrogen-bond donors (Lipinski definition) is 2. The van der Waals surface area contributed by atoms with Gasteiger partial charge in [-0.3, -0.25) is 0 Å². The first kappa shape index (κ1) is 18.0. The molecule has 1 fully saturated rings. The van der Waals surface area contributed by atoms with Crippen LogP contribution in [-0.2, 0) is 10.2 Å². The SMILES string of the molecule is CC(C)(CNC(=O)NCCOCC1CC1)c1ccc(F)cc1Cl. The Hall–Kier alpha value is -1.33. The van der Waals surface area contributed by atoms with Crippen LogP contribution < -0.4 is 10.6 Å². The molecule has 1 aliphatic carbocycles. The van der Waals surface area contributed by atoms with Crippen molar-refractivity contribution in [3.05, 3.63) is 34.6 Å². The lowest BCUT2D eigenvalue weighted by molar-refractivity contribution is 0.127. The standard InChI is InChI=1S/C17H24ClFN2O2/c1-17(2,14-6-5-13(19)9-15(14)18)11-21-16(22)20-7-8-23-10-12-3-4-12/h5-6,9,12H,3-4,7-8,10-11H2,1-2H3,(H2,20,21,22). The number of ether oxygens (including phenoxy) is 1. The summed E-state index contributed by atoms with van der Waals surface area (Å²) < 4.78 is 18.6. The number of carbonyl (C=O) groups is 1. The Balaban J connectivity index is 1.70. The summed E-state index contributed by atoms with van der Waals surface area (Å²) in [6, 6.07) is 4.07. The summed E-state index contributed by atoms with van der Waals surface area (Å²) in [7, 11) is 0. The average molecular weight is 343 g/mol. The lowest BCUT2D eigenvalue weighted by Gasteiger charge is -2.26. The van der Waals surface area contributed by atoms with E-state index in [4.69, 9.17) is 16.3 Å². The molecular weight excluding hydrogens is 319 g/mol. The number of rotatable bonds is 8. The van der Waals surface area contributed by atoms with Gasteiger partial charge in [0.15, 0.2) is 0 Å². The summed E-state index contributed by atoms with van der Waals surface area (Å²) in [4.78, 5) is 11.8. The van der Waals surface area contributed by atoms with E-state index in [0.29, 0.717) is 24.7 Å². The van der Waals surface area contributed by atoms with Crippen molar-refractivity contribution in [1.29, 1.82) is 0 Å². The first-order valence-corrected chi connectivity index (χ1v) is 8.31. The Kier molecular flexibility index (Phi) is 6.25. The summed E-state index contributed by atoms with van der Waals surface area (Å²) >= 11 is 6.09. The minimum Gasteiger partial charge on any atom is -0.379 e. The highest BCUT2D eigenvalue weighted by Crippen LogP contribution is 2.30. The first-order valence-electron chi connectivity index (χ1n) is 7.93. The van der Waals surface area contributed by atoms with Crippen molar-refractivity contribution in [3.8, 4) is 0 Å². The molecule has 1 saturated carbocycles. The van der Waals surface area contributed by atoms with Crippen molar-refractivity contribution < 1.29 is 13.9 Å². The maximum atomic E-state index is 13.1. The molecule has 0 saturated heterocycles. The number of hydrogen-bond acceptors (Lipinski definition) is 2. The van der Waals surface area contributed by atoms with Crippen molar-refractivity contribution in [2.24, 2.45) is 5.92 Å². The Morgan fingerprint density at radius 3 is 2.78 bits per heavy atom. The molecule has 1 aromatic rings. The van der Waals surface area contributed by atoms with Crippen LogP contribution in [0.25, 0.3) is 0 Å². The van der Waals surface area contributed by atoms with Gasteiger partial charge in [0.05, 0.1) is 6.61 Å². The number of nitrogens with one attached hydrogen (secondary N) is 2. The van der Waals surface area contributed by atoms with Gasteiger partial charge < -0.3 is 15.4 Å². The van der Waals surface area contributed by atoms with Gasteiger partial charge in [-0.05, 0) is 36.5 Å². The molecule has 0 spiro atoms. The zero-order valence-electron chi connectivity index (χ0n) is 13.6. The van der Waals surface area contributed by atoms with Gasteiger partial charge in [-0.2, -0.15) is 0 Å². The van der Waals surface area contributed by atoms with E-state index in [1.54, 1.807) is 6.07 Å². The normalized spacial score (nSPS) is 14.6. The van der Waals surface area contributed by atoms with E-state index in [1.807, 2.05) is 13.8 Å². The number of urea groups is 1. The molecule has 0 unspecified atom stereocenters. The third-order valence-corrected chi connectivity index (χ3v) is 4.25. The van der Waals surface area contributed by atoms with Crippen LogP contribution in [0.2, 0.25) is 5.02 Å². The molecule has 0 heterocycles. The molecule has 1 aliphatic rings. The fourth-order valence-corrected chi connectivity index (χ4v) is 2.69. The number of carbonyl (C=O) groups excluding carboxylic acids is 1. The van der Waals surface area contributed by atoms with Crippen LogP contribution in [0.5, 0.6) is 0 Å². The Morgan fingerprint density at radius 1 is 1.39 bits per heavy atom. The topological polar surface area (TPSA) is 50.4 Å². The van der Waals surface area contributed by atoms with Gasteiger partial charge in [0.2, 0.25) is 0 Å². The van der Waals surface area contributed by atoms with Gasteiger partial charge in [0.1, 0.15) is 5.82 Å². The minimum atomic E-state index is -0.398. The van der Waals surface area contributed by atoms with Crippen molar-refractivity contribution in [2.75, 3.05) is 26.3 Å². The summed E-state index contributed by atoms with van der Waals surface area (Å²) in [6.07, 6.45) is 2.52. The third kappa shape index (κ3) is 5.99. The second-order valence-electron chi connectivity index (χ2n) is 6.64. The maximum absolute atomic E-state index is 13.1. The highest BCUT2D eigenvalue weighted by molar-refractivity contribution is 6.31. The summed E-state index contributed by atoms with van der Waals surface area (Å²) in [5.41, 5.74) is 0.401. The van der Waals surface area contributed by atoms with Crippen molar-refractivity contribution >= 4 is 17.6 Å². The molecule has 2 rings (SSSR count). The molecule has 1 aromatic carbocycles.